The van der Waals surface area contributed by atoms with Crippen molar-refractivity contribution in [2.45, 2.75) is 20.0 Å². The molecule has 1 aliphatic rings. The Morgan fingerprint density at radius 1 is 0.905 bits per heavy atom. The third-order valence-electron chi connectivity index (χ3n) is 3.40. The average molecular weight is 282 g/mol. The number of carbonyl (C=O) groups is 2. The van der Waals surface area contributed by atoms with E-state index in [2.05, 4.69) is 0 Å². The van der Waals surface area contributed by atoms with Gasteiger partial charge < -0.3 is 9.47 Å². The number of rotatable bonds is 2. The summed E-state index contributed by atoms with van der Waals surface area (Å²) in [7, 11) is 0. The SMILES string of the molecule is CC(=O)Oc1cccc2c1C(OC(C)=O)c1ccccc1-2. The summed E-state index contributed by atoms with van der Waals surface area (Å²) >= 11 is 0. The fourth-order valence-electron chi connectivity index (χ4n) is 2.71. The molecule has 0 saturated heterocycles. The minimum atomic E-state index is -0.538. The van der Waals surface area contributed by atoms with Gasteiger partial charge >= 0.3 is 11.9 Å². The van der Waals surface area contributed by atoms with Crippen molar-refractivity contribution in [3.05, 3.63) is 53.6 Å². The summed E-state index contributed by atoms with van der Waals surface area (Å²) in [5, 5.41) is 0. The molecule has 21 heavy (non-hydrogen) atoms. The zero-order valence-electron chi connectivity index (χ0n) is 11.8. The van der Waals surface area contributed by atoms with Crippen LogP contribution in [0, 0.1) is 0 Å². The smallest absolute Gasteiger partial charge is 0.308 e. The van der Waals surface area contributed by atoms with Gasteiger partial charge in [0.25, 0.3) is 0 Å². The topological polar surface area (TPSA) is 52.6 Å². The van der Waals surface area contributed by atoms with Crippen LogP contribution in [0.15, 0.2) is 42.5 Å². The quantitative estimate of drug-likeness (QED) is 0.626. The third kappa shape index (κ3) is 2.29. The summed E-state index contributed by atoms with van der Waals surface area (Å²) in [4.78, 5) is 22.7. The maximum Gasteiger partial charge on any atom is 0.308 e. The van der Waals surface area contributed by atoms with Gasteiger partial charge in [-0.3, -0.25) is 9.59 Å². The lowest BCUT2D eigenvalue weighted by atomic mass is 10.1. The van der Waals surface area contributed by atoms with E-state index in [-0.39, 0.29) is 5.97 Å². The minimum Gasteiger partial charge on any atom is -0.453 e. The fraction of sp³-hybridized carbons (Fsp3) is 0.176. The van der Waals surface area contributed by atoms with Crippen molar-refractivity contribution < 1.29 is 19.1 Å². The summed E-state index contributed by atoms with van der Waals surface area (Å²) in [6.45, 7) is 2.72. The van der Waals surface area contributed by atoms with E-state index in [4.69, 9.17) is 9.47 Å². The Morgan fingerprint density at radius 2 is 1.62 bits per heavy atom. The fourth-order valence-corrected chi connectivity index (χ4v) is 2.71. The third-order valence-corrected chi connectivity index (χ3v) is 3.40. The Bertz CT molecular complexity index is 733. The van der Waals surface area contributed by atoms with Crippen molar-refractivity contribution in [3.63, 3.8) is 0 Å². The van der Waals surface area contributed by atoms with Crippen LogP contribution in [-0.2, 0) is 14.3 Å². The minimum absolute atomic E-state index is 0.375. The van der Waals surface area contributed by atoms with Crippen LogP contribution in [-0.4, -0.2) is 11.9 Å². The van der Waals surface area contributed by atoms with Crippen LogP contribution < -0.4 is 4.74 Å². The predicted octanol–water partition coefficient (Wildman–Crippen LogP) is 3.24. The second-order valence-electron chi connectivity index (χ2n) is 4.89. The maximum absolute atomic E-state index is 11.4. The van der Waals surface area contributed by atoms with Crippen molar-refractivity contribution in [3.8, 4) is 16.9 Å². The molecule has 106 valence electrons. The second-order valence-corrected chi connectivity index (χ2v) is 4.89. The number of hydrogen-bond donors (Lipinski definition) is 0. The molecule has 4 heteroatoms. The van der Waals surface area contributed by atoms with E-state index >= 15 is 0 Å². The number of hydrogen-bond acceptors (Lipinski definition) is 4. The van der Waals surface area contributed by atoms with Gasteiger partial charge in [0.05, 0.1) is 0 Å². The Morgan fingerprint density at radius 3 is 2.33 bits per heavy atom. The van der Waals surface area contributed by atoms with Crippen molar-refractivity contribution >= 4 is 11.9 Å². The molecule has 4 nitrogen and oxygen atoms in total. The number of esters is 2. The number of benzene rings is 2. The summed E-state index contributed by atoms with van der Waals surface area (Å²) in [5.74, 6) is -0.344. The van der Waals surface area contributed by atoms with E-state index in [1.807, 2.05) is 36.4 Å². The van der Waals surface area contributed by atoms with E-state index in [1.54, 1.807) is 6.07 Å². The molecule has 0 N–H and O–H groups in total. The summed E-state index contributed by atoms with van der Waals surface area (Å²) < 4.78 is 10.7. The van der Waals surface area contributed by atoms with Crippen LogP contribution in [0.3, 0.4) is 0 Å². The molecule has 0 bridgehead atoms. The molecule has 0 spiro atoms. The molecule has 2 aromatic rings. The van der Waals surface area contributed by atoms with E-state index < -0.39 is 12.1 Å². The highest BCUT2D eigenvalue weighted by Crippen LogP contribution is 2.49. The van der Waals surface area contributed by atoms with Gasteiger partial charge in [0.15, 0.2) is 6.10 Å². The highest BCUT2D eigenvalue weighted by molar-refractivity contribution is 5.83. The molecule has 0 radical (unpaired) electrons. The van der Waals surface area contributed by atoms with Crippen molar-refractivity contribution in [1.29, 1.82) is 0 Å². The molecule has 0 aromatic heterocycles. The van der Waals surface area contributed by atoms with Gasteiger partial charge in [0.2, 0.25) is 0 Å². The standard InChI is InChI=1S/C17H14O4/c1-10(18)20-15-9-5-8-13-12-6-3-4-7-14(12)17(16(13)15)21-11(2)19/h3-9,17H,1-2H3. The van der Waals surface area contributed by atoms with E-state index in [9.17, 15) is 9.59 Å². The molecule has 0 saturated carbocycles. The first-order valence-electron chi connectivity index (χ1n) is 6.66. The maximum atomic E-state index is 11.4. The first kappa shape index (κ1) is 13.4. The van der Waals surface area contributed by atoms with Gasteiger partial charge in [0, 0.05) is 25.0 Å². The first-order valence-corrected chi connectivity index (χ1v) is 6.66. The number of ether oxygens (including phenoxy) is 2. The van der Waals surface area contributed by atoms with Crippen molar-refractivity contribution in [2.24, 2.45) is 0 Å². The molecule has 0 amide bonds. The Labute approximate surface area is 122 Å². The van der Waals surface area contributed by atoms with Crippen molar-refractivity contribution in [2.75, 3.05) is 0 Å². The highest BCUT2D eigenvalue weighted by atomic mass is 16.6. The zero-order chi connectivity index (χ0) is 15.0. The molecule has 0 fully saturated rings. The Hall–Kier alpha value is -2.62. The molecular weight excluding hydrogens is 268 g/mol. The summed E-state index contributed by atoms with van der Waals surface area (Å²) in [6.07, 6.45) is -0.538. The predicted molar refractivity (Wildman–Crippen MR) is 76.8 cm³/mol. The lowest BCUT2D eigenvalue weighted by Gasteiger charge is -2.16. The second kappa shape index (κ2) is 5.05. The van der Waals surface area contributed by atoms with Gasteiger partial charge in [0.1, 0.15) is 5.75 Å². The first-order chi connectivity index (χ1) is 10.1. The molecule has 0 aliphatic heterocycles. The lowest BCUT2D eigenvalue weighted by molar-refractivity contribution is -0.144. The van der Waals surface area contributed by atoms with Crippen LogP contribution in [0.25, 0.3) is 11.1 Å². The number of carbonyl (C=O) groups excluding carboxylic acids is 2. The van der Waals surface area contributed by atoms with E-state index in [0.717, 1.165) is 22.3 Å². The monoisotopic (exact) mass is 282 g/mol. The normalized spacial score (nSPS) is 15.0. The van der Waals surface area contributed by atoms with Crippen LogP contribution in [0.5, 0.6) is 5.75 Å². The van der Waals surface area contributed by atoms with Gasteiger partial charge in [-0.1, -0.05) is 36.4 Å². The van der Waals surface area contributed by atoms with Gasteiger partial charge in [-0.15, -0.1) is 0 Å². The molecule has 0 heterocycles. The van der Waals surface area contributed by atoms with Gasteiger partial charge in [-0.05, 0) is 17.2 Å². The Kier molecular flexibility index (Phi) is 3.22. The molecule has 3 rings (SSSR count). The lowest BCUT2D eigenvalue weighted by Crippen LogP contribution is -2.10. The molecule has 1 aliphatic carbocycles. The highest BCUT2D eigenvalue weighted by Gasteiger charge is 2.34. The van der Waals surface area contributed by atoms with E-state index in [0.29, 0.717) is 5.75 Å². The van der Waals surface area contributed by atoms with Crippen LogP contribution in [0.4, 0.5) is 0 Å². The van der Waals surface area contributed by atoms with Gasteiger partial charge in [-0.25, -0.2) is 0 Å². The largest absolute Gasteiger partial charge is 0.453 e. The van der Waals surface area contributed by atoms with Crippen LogP contribution >= 0.6 is 0 Å². The summed E-state index contributed by atoms with van der Waals surface area (Å²) in [6, 6.07) is 13.2. The zero-order valence-corrected chi connectivity index (χ0v) is 11.8. The number of fused-ring (bicyclic) bond motifs is 3. The molecule has 2 aromatic carbocycles. The molecule has 1 unspecified atom stereocenters. The van der Waals surface area contributed by atoms with Crippen molar-refractivity contribution in [1.82, 2.24) is 0 Å². The Balaban J connectivity index is 2.20. The van der Waals surface area contributed by atoms with Crippen LogP contribution in [0.1, 0.15) is 31.1 Å². The summed E-state index contributed by atoms with van der Waals surface area (Å²) in [5.41, 5.74) is 3.55. The van der Waals surface area contributed by atoms with Gasteiger partial charge in [-0.2, -0.15) is 0 Å². The average Bonchev–Trinajstić information content (AvgIpc) is 2.74. The molecule has 1 atom stereocenters. The van der Waals surface area contributed by atoms with E-state index in [1.165, 1.54) is 13.8 Å². The molecular formula is C17H14O4. The van der Waals surface area contributed by atoms with Crippen LogP contribution in [0.2, 0.25) is 0 Å².